The molecular weight excluding hydrogens is 294 g/mol. The molecule has 2 N–H and O–H groups in total. The zero-order valence-electron chi connectivity index (χ0n) is 13.2. The van der Waals surface area contributed by atoms with Gasteiger partial charge >= 0.3 is 0 Å². The van der Waals surface area contributed by atoms with E-state index in [4.69, 9.17) is 0 Å². The molecule has 0 bridgehead atoms. The summed E-state index contributed by atoms with van der Waals surface area (Å²) in [6, 6.07) is 10.3. The summed E-state index contributed by atoms with van der Waals surface area (Å²) in [6.45, 7) is 0.960. The Balaban J connectivity index is 1.61. The lowest BCUT2D eigenvalue weighted by atomic mass is 9.83. The molecule has 0 unspecified atom stereocenters. The number of aliphatic hydroxyl groups is 1. The van der Waals surface area contributed by atoms with Crippen LogP contribution in [0.4, 0.5) is 0 Å². The van der Waals surface area contributed by atoms with Gasteiger partial charge in [-0.1, -0.05) is 31.0 Å². The minimum atomic E-state index is 0.151. The predicted octanol–water partition coefficient (Wildman–Crippen LogP) is 3.62. The molecule has 0 spiro atoms. The summed E-state index contributed by atoms with van der Waals surface area (Å²) >= 11 is 1.80. The molecule has 2 rings (SSSR count). The highest BCUT2D eigenvalue weighted by molar-refractivity contribution is 7.99. The lowest BCUT2D eigenvalue weighted by Gasteiger charge is -2.28. The van der Waals surface area contributed by atoms with Crippen molar-refractivity contribution in [1.82, 2.24) is 5.32 Å². The van der Waals surface area contributed by atoms with Gasteiger partial charge in [-0.15, -0.1) is 11.8 Å². The number of carbonyl (C=O) groups is 1. The second kappa shape index (κ2) is 9.21. The summed E-state index contributed by atoms with van der Waals surface area (Å²) in [6.07, 6.45) is 7.03. The highest BCUT2D eigenvalue weighted by Crippen LogP contribution is 2.40. The van der Waals surface area contributed by atoms with E-state index >= 15 is 0 Å². The fraction of sp³-hybridized carbons (Fsp3) is 0.611. The van der Waals surface area contributed by atoms with Crippen LogP contribution in [-0.4, -0.2) is 29.9 Å². The summed E-state index contributed by atoms with van der Waals surface area (Å²) in [7, 11) is 0. The molecule has 0 aliphatic heterocycles. The maximum absolute atomic E-state index is 12.0. The van der Waals surface area contributed by atoms with Gasteiger partial charge in [0.2, 0.25) is 5.91 Å². The average molecular weight is 321 g/mol. The van der Waals surface area contributed by atoms with Crippen LogP contribution in [0.15, 0.2) is 35.2 Å². The van der Waals surface area contributed by atoms with E-state index in [1.807, 2.05) is 18.2 Å². The van der Waals surface area contributed by atoms with E-state index in [2.05, 4.69) is 17.4 Å². The van der Waals surface area contributed by atoms with Gasteiger partial charge in [0.1, 0.15) is 0 Å². The molecule has 3 nitrogen and oxygen atoms in total. The first-order chi connectivity index (χ1) is 10.7. The molecular formula is C18H27NO2S. The summed E-state index contributed by atoms with van der Waals surface area (Å²) in [5.41, 5.74) is 0.156. The number of hydrogen-bond acceptors (Lipinski definition) is 3. The van der Waals surface area contributed by atoms with Crippen LogP contribution in [0.25, 0.3) is 0 Å². The average Bonchev–Trinajstić information content (AvgIpc) is 3.00. The molecule has 1 fully saturated rings. The summed E-state index contributed by atoms with van der Waals surface area (Å²) < 4.78 is 0. The van der Waals surface area contributed by atoms with Crippen molar-refractivity contribution in [2.75, 3.05) is 18.9 Å². The first kappa shape index (κ1) is 17.4. The SMILES string of the molecule is O=C(CCCSc1ccccc1)NCC1(CCO)CCCC1. The van der Waals surface area contributed by atoms with E-state index in [1.165, 1.54) is 17.7 Å². The smallest absolute Gasteiger partial charge is 0.220 e. The molecule has 0 aromatic heterocycles. The molecule has 1 aromatic carbocycles. The monoisotopic (exact) mass is 321 g/mol. The molecule has 0 saturated heterocycles. The zero-order valence-corrected chi connectivity index (χ0v) is 14.0. The Morgan fingerprint density at radius 1 is 1.23 bits per heavy atom. The lowest BCUT2D eigenvalue weighted by Crippen LogP contribution is -2.36. The minimum Gasteiger partial charge on any atom is -0.396 e. The molecule has 1 aromatic rings. The van der Waals surface area contributed by atoms with Crippen LogP contribution in [0.1, 0.15) is 44.9 Å². The van der Waals surface area contributed by atoms with Crippen molar-refractivity contribution in [2.45, 2.75) is 49.8 Å². The van der Waals surface area contributed by atoms with E-state index in [1.54, 1.807) is 11.8 Å². The van der Waals surface area contributed by atoms with Gasteiger partial charge in [0, 0.05) is 24.5 Å². The topological polar surface area (TPSA) is 49.3 Å². The number of hydrogen-bond donors (Lipinski definition) is 2. The van der Waals surface area contributed by atoms with Crippen LogP contribution in [0, 0.1) is 5.41 Å². The van der Waals surface area contributed by atoms with Gasteiger partial charge in [-0.3, -0.25) is 4.79 Å². The fourth-order valence-electron chi connectivity index (χ4n) is 3.19. The normalized spacial score (nSPS) is 16.6. The van der Waals surface area contributed by atoms with E-state index < -0.39 is 0 Å². The van der Waals surface area contributed by atoms with Gasteiger partial charge in [-0.2, -0.15) is 0 Å². The van der Waals surface area contributed by atoms with Crippen LogP contribution < -0.4 is 5.32 Å². The maximum atomic E-state index is 12.0. The van der Waals surface area contributed by atoms with Gasteiger partial charge in [0.05, 0.1) is 0 Å². The third-order valence-electron chi connectivity index (χ3n) is 4.53. The number of benzene rings is 1. The number of nitrogens with one attached hydrogen (secondary N) is 1. The number of aliphatic hydroxyl groups excluding tert-OH is 1. The van der Waals surface area contributed by atoms with Crippen molar-refractivity contribution >= 4 is 17.7 Å². The van der Waals surface area contributed by atoms with E-state index in [0.29, 0.717) is 6.42 Å². The first-order valence-electron chi connectivity index (χ1n) is 8.30. The lowest BCUT2D eigenvalue weighted by molar-refractivity contribution is -0.121. The molecule has 4 heteroatoms. The molecule has 1 saturated carbocycles. The van der Waals surface area contributed by atoms with Crippen LogP contribution in [0.3, 0.4) is 0 Å². The van der Waals surface area contributed by atoms with Crippen molar-refractivity contribution in [3.05, 3.63) is 30.3 Å². The number of rotatable bonds is 9. The van der Waals surface area contributed by atoms with E-state index in [0.717, 1.165) is 38.0 Å². The van der Waals surface area contributed by atoms with Gasteiger partial charge in [-0.05, 0) is 49.0 Å². The Morgan fingerprint density at radius 3 is 2.64 bits per heavy atom. The highest BCUT2D eigenvalue weighted by atomic mass is 32.2. The van der Waals surface area contributed by atoms with Crippen molar-refractivity contribution in [3.63, 3.8) is 0 Å². The summed E-state index contributed by atoms with van der Waals surface area (Å²) in [4.78, 5) is 13.2. The van der Waals surface area contributed by atoms with E-state index in [9.17, 15) is 9.90 Å². The third-order valence-corrected chi connectivity index (χ3v) is 5.63. The Bertz CT molecular complexity index is 444. The third kappa shape index (κ3) is 5.65. The number of carbonyl (C=O) groups excluding carboxylic acids is 1. The summed E-state index contributed by atoms with van der Waals surface area (Å²) in [5, 5.41) is 12.3. The van der Waals surface area contributed by atoms with Crippen molar-refractivity contribution in [1.29, 1.82) is 0 Å². The van der Waals surface area contributed by atoms with Crippen LogP contribution in [0.2, 0.25) is 0 Å². The number of thioether (sulfide) groups is 1. The Hall–Kier alpha value is -1.00. The molecule has 0 heterocycles. The molecule has 1 aliphatic rings. The Morgan fingerprint density at radius 2 is 1.95 bits per heavy atom. The second-order valence-corrected chi connectivity index (χ2v) is 7.39. The first-order valence-corrected chi connectivity index (χ1v) is 9.28. The second-order valence-electron chi connectivity index (χ2n) is 6.22. The van der Waals surface area contributed by atoms with Crippen LogP contribution in [-0.2, 0) is 4.79 Å². The zero-order chi connectivity index (χ0) is 15.7. The van der Waals surface area contributed by atoms with Gasteiger partial charge < -0.3 is 10.4 Å². The van der Waals surface area contributed by atoms with Gasteiger partial charge in [0.25, 0.3) is 0 Å². The summed E-state index contributed by atoms with van der Waals surface area (Å²) in [5.74, 6) is 1.12. The quantitative estimate of drug-likeness (QED) is 0.539. The Kier molecular flexibility index (Phi) is 7.26. The predicted molar refractivity (Wildman–Crippen MR) is 92.0 cm³/mol. The van der Waals surface area contributed by atoms with E-state index in [-0.39, 0.29) is 17.9 Å². The van der Waals surface area contributed by atoms with Crippen LogP contribution >= 0.6 is 11.8 Å². The van der Waals surface area contributed by atoms with Crippen LogP contribution in [0.5, 0.6) is 0 Å². The standard InChI is InChI=1S/C18H27NO2S/c20-13-12-18(10-4-5-11-18)15-19-17(21)9-6-14-22-16-7-2-1-3-8-16/h1-3,7-8,20H,4-6,9-15H2,(H,19,21). The van der Waals surface area contributed by atoms with Crippen molar-refractivity contribution in [3.8, 4) is 0 Å². The van der Waals surface area contributed by atoms with Crippen molar-refractivity contribution < 1.29 is 9.90 Å². The fourth-order valence-corrected chi connectivity index (χ4v) is 4.07. The van der Waals surface area contributed by atoms with Gasteiger partial charge in [0.15, 0.2) is 0 Å². The van der Waals surface area contributed by atoms with Crippen molar-refractivity contribution in [2.24, 2.45) is 5.41 Å². The maximum Gasteiger partial charge on any atom is 0.220 e. The molecule has 0 radical (unpaired) electrons. The molecule has 1 aliphatic carbocycles. The molecule has 0 atom stereocenters. The largest absolute Gasteiger partial charge is 0.396 e. The highest BCUT2D eigenvalue weighted by Gasteiger charge is 2.33. The Labute approximate surface area is 137 Å². The number of amides is 1. The molecule has 22 heavy (non-hydrogen) atoms. The van der Waals surface area contributed by atoms with Gasteiger partial charge in [-0.25, -0.2) is 0 Å². The minimum absolute atomic E-state index is 0.151. The molecule has 122 valence electrons. The molecule has 1 amide bonds.